The van der Waals surface area contributed by atoms with E-state index < -0.39 is 0 Å². The number of carbonyl (C=O) groups is 1. The number of aliphatic hydroxyl groups excluding tert-OH is 1. The van der Waals surface area contributed by atoms with Gasteiger partial charge >= 0.3 is 0 Å². The zero-order chi connectivity index (χ0) is 14.1. The molecular weight excluding hydrogens is 240 g/mol. The molecule has 1 unspecified atom stereocenters. The number of nitrogens with zero attached hydrogens (tertiary/aromatic N) is 2. The maximum absolute atomic E-state index is 12.4. The number of amides is 1. The molecule has 1 amide bonds. The minimum atomic E-state index is 0.133. The first-order valence-corrected chi connectivity index (χ1v) is 7.85. The molecule has 1 aliphatic heterocycles. The van der Waals surface area contributed by atoms with Gasteiger partial charge in [0.25, 0.3) is 0 Å². The van der Waals surface area contributed by atoms with Gasteiger partial charge in [0.05, 0.1) is 13.2 Å². The largest absolute Gasteiger partial charge is 0.395 e. The van der Waals surface area contributed by atoms with Crippen LogP contribution in [-0.2, 0) is 4.79 Å². The van der Waals surface area contributed by atoms with E-state index in [1.54, 1.807) is 0 Å². The second kappa shape index (κ2) is 9.32. The predicted octanol–water partition coefficient (Wildman–Crippen LogP) is 1.87. The number of hydrogen-bond acceptors (Lipinski definition) is 3. The number of piperidine rings is 1. The lowest BCUT2D eigenvalue weighted by molar-refractivity contribution is -0.136. The van der Waals surface area contributed by atoms with Crippen LogP contribution in [0, 0.1) is 0 Å². The van der Waals surface area contributed by atoms with Crippen LogP contribution in [-0.4, -0.2) is 59.6 Å². The van der Waals surface area contributed by atoms with Crippen LogP contribution in [0.4, 0.5) is 0 Å². The van der Waals surface area contributed by atoms with Crippen molar-refractivity contribution in [2.45, 2.75) is 58.4 Å². The topological polar surface area (TPSA) is 43.8 Å². The molecule has 1 fully saturated rings. The molecule has 0 aromatic heterocycles. The Morgan fingerprint density at radius 3 is 2.74 bits per heavy atom. The molecule has 4 heteroatoms. The second-order valence-electron chi connectivity index (χ2n) is 5.50. The summed E-state index contributed by atoms with van der Waals surface area (Å²) in [6.07, 6.45) is 6.80. The van der Waals surface area contributed by atoms with Crippen molar-refractivity contribution in [3.8, 4) is 0 Å². The average Bonchev–Trinajstić information content (AvgIpc) is 2.44. The lowest BCUT2D eigenvalue weighted by Crippen LogP contribution is -2.48. The number of unbranched alkanes of at least 4 members (excludes halogenated alkanes) is 1. The van der Waals surface area contributed by atoms with Gasteiger partial charge in [-0.3, -0.25) is 9.69 Å². The van der Waals surface area contributed by atoms with Crippen LogP contribution in [0.5, 0.6) is 0 Å². The fraction of sp³-hybridized carbons (Fsp3) is 0.933. The Balaban J connectivity index is 2.48. The van der Waals surface area contributed by atoms with Crippen molar-refractivity contribution < 1.29 is 9.90 Å². The summed E-state index contributed by atoms with van der Waals surface area (Å²) in [6.45, 7) is 7.35. The number of rotatable bonds is 8. The van der Waals surface area contributed by atoms with E-state index in [4.69, 9.17) is 5.11 Å². The molecule has 4 nitrogen and oxygen atoms in total. The summed E-state index contributed by atoms with van der Waals surface area (Å²) in [5, 5.41) is 9.09. The van der Waals surface area contributed by atoms with Crippen molar-refractivity contribution in [3.05, 3.63) is 0 Å². The minimum Gasteiger partial charge on any atom is -0.395 e. The zero-order valence-corrected chi connectivity index (χ0v) is 12.6. The SMILES string of the molecule is CCCCN(CCO)CC(=O)N1CCCCC1CC. The van der Waals surface area contributed by atoms with Crippen molar-refractivity contribution in [2.75, 3.05) is 32.8 Å². The van der Waals surface area contributed by atoms with Gasteiger partial charge in [-0.25, -0.2) is 0 Å². The van der Waals surface area contributed by atoms with Crippen LogP contribution >= 0.6 is 0 Å². The first kappa shape index (κ1) is 16.4. The van der Waals surface area contributed by atoms with Gasteiger partial charge < -0.3 is 10.0 Å². The molecule has 1 N–H and O–H groups in total. The van der Waals surface area contributed by atoms with Gasteiger partial charge in [-0.2, -0.15) is 0 Å². The fourth-order valence-corrected chi connectivity index (χ4v) is 2.83. The summed E-state index contributed by atoms with van der Waals surface area (Å²) in [4.78, 5) is 16.6. The van der Waals surface area contributed by atoms with Crippen LogP contribution in [0.25, 0.3) is 0 Å². The summed E-state index contributed by atoms with van der Waals surface area (Å²) in [7, 11) is 0. The van der Waals surface area contributed by atoms with E-state index in [-0.39, 0.29) is 12.5 Å². The quantitative estimate of drug-likeness (QED) is 0.732. The molecule has 112 valence electrons. The van der Waals surface area contributed by atoms with Crippen LogP contribution in [0.1, 0.15) is 52.4 Å². The lowest BCUT2D eigenvalue weighted by Gasteiger charge is -2.36. The molecule has 0 saturated carbocycles. The van der Waals surface area contributed by atoms with Crippen LogP contribution in [0.15, 0.2) is 0 Å². The third kappa shape index (κ3) is 5.49. The highest BCUT2D eigenvalue weighted by molar-refractivity contribution is 5.78. The Labute approximate surface area is 117 Å². The molecule has 0 aliphatic carbocycles. The van der Waals surface area contributed by atoms with Crippen molar-refractivity contribution in [2.24, 2.45) is 0 Å². The highest BCUT2D eigenvalue weighted by atomic mass is 16.3. The summed E-state index contributed by atoms with van der Waals surface area (Å²) in [5.74, 6) is 0.246. The van der Waals surface area contributed by atoms with E-state index in [1.807, 2.05) is 0 Å². The van der Waals surface area contributed by atoms with E-state index in [2.05, 4.69) is 23.6 Å². The zero-order valence-electron chi connectivity index (χ0n) is 12.6. The van der Waals surface area contributed by atoms with Gasteiger partial charge in [0, 0.05) is 19.1 Å². The highest BCUT2D eigenvalue weighted by Gasteiger charge is 2.26. The van der Waals surface area contributed by atoms with Gasteiger partial charge in [-0.15, -0.1) is 0 Å². The monoisotopic (exact) mass is 270 g/mol. The molecule has 1 saturated heterocycles. The van der Waals surface area contributed by atoms with E-state index in [0.29, 0.717) is 19.1 Å². The van der Waals surface area contributed by atoms with E-state index >= 15 is 0 Å². The first-order chi connectivity index (χ1) is 9.22. The molecule has 0 spiro atoms. The van der Waals surface area contributed by atoms with E-state index in [1.165, 1.54) is 6.42 Å². The lowest BCUT2D eigenvalue weighted by atomic mass is 10.00. The normalized spacial score (nSPS) is 20.0. The van der Waals surface area contributed by atoms with Crippen LogP contribution < -0.4 is 0 Å². The molecule has 0 aromatic rings. The molecule has 0 bridgehead atoms. The summed E-state index contributed by atoms with van der Waals surface area (Å²) in [6, 6.07) is 0.434. The number of hydrogen-bond donors (Lipinski definition) is 1. The predicted molar refractivity (Wildman–Crippen MR) is 78.1 cm³/mol. The summed E-state index contributed by atoms with van der Waals surface area (Å²) < 4.78 is 0. The maximum Gasteiger partial charge on any atom is 0.236 e. The van der Waals surface area contributed by atoms with Crippen molar-refractivity contribution in [3.63, 3.8) is 0 Å². The number of carbonyl (C=O) groups excluding carboxylic acids is 1. The van der Waals surface area contributed by atoms with Gasteiger partial charge in [0.2, 0.25) is 5.91 Å². The molecular formula is C15H30N2O2. The Kier molecular flexibility index (Phi) is 8.07. The molecule has 1 rings (SSSR count). The maximum atomic E-state index is 12.4. The third-order valence-electron chi connectivity index (χ3n) is 4.02. The molecule has 19 heavy (non-hydrogen) atoms. The standard InChI is InChI=1S/C15H30N2O2/c1-3-5-9-16(11-12-18)13-15(19)17-10-7-6-8-14(17)4-2/h14,18H,3-13H2,1-2H3. The van der Waals surface area contributed by atoms with E-state index in [9.17, 15) is 4.79 Å². The third-order valence-corrected chi connectivity index (χ3v) is 4.02. The van der Waals surface area contributed by atoms with Crippen molar-refractivity contribution in [1.29, 1.82) is 0 Å². The minimum absolute atomic E-state index is 0.133. The number of likely N-dealkylation sites (tertiary alicyclic amines) is 1. The average molecular weight is 270 g/mol. The van der Waals surface area contributed by atoms with Gasteiger partial charge in [-0.05, 0) is 38.6 Å². The van der Waals surface area contributed by atoms with Crippen LogP contribution in [0.2, 0.25) is 0 Å². The summed E-state index contributed by atoms with van der Waals surface area (Å²) in [5.41, 5.74) is 0. The van der Waals surface area contributed by atoms with Crippen LogP contribution in [0.3, 0.4) is 0 Å². The molecule has 1 aliphatic rings. The number of aliphatic hydroxyl groups is 1. The van der Waals surface area contributed by atoms with Gasteiger partial charge in [0.15, 0.2) is 0 Å². The van der Waals surface area contributed by atoms with Gasteiger partial charge in [-0.1, -0.05) is 20.3 Å². The molecule has 1 heterocycles. The van der Waals surface area contributed by atoms with Gasteiger partial charge in [0.1, 0.15) is 0 Å². The fourth-order valence-electron chi connectivity index (χ4n) is 2.83. The Hall–Kier alpha value is -0.610. The Bertz CT molecular complexity index is 259. The Morgan fingerprint density at radius 1 is 1.32 bits per heavy atom. The molecule has 0 radical (unpaired) electrons. The highest BCUT2D eigenvalue weighted by Crippen LogP contribution is 2.19. The first-order valence-electron chi connectivity index (χ1n) is 7.85. The van der Waals surface area contributed by atoms with E-state index in [0.717, 1.165) is 45.2 Å². The van der Waals surface area contributed by atoms with Crippen molar-refractivity contribution in [1.82, 2.24) is 9.80 Å². The Morgan fingerprint density at radius 2 is 2.11 bits per heavy atom. The second-order valence-corrected chi connectivity index (χ2v) is 5.50. The summed E-state index contributed by atoms with van der Waals surface area (Å²) >= 11 is 0. The smallest absolute Gasteiger partial charge is 0.236 e. The molecule has 0 aromatic carbocycles. The molecule has 1 atom stereocenters. The van der Waals surface area contributed by atoms with Crippen molar-refractivity contribution >= 4 is 5.91 Å².